The van der Waals surface area contributed by atoms with Gasteiger partial charge in [-0.3, -0.25) is 4.79 Å². The average Bonchev–Trinajstić information content (AvgIpc) is 2.96. The Kier molecular flexibility index (Phi) is 2.38. The summed E-state index contributed by atoms with van der Waals surface area (Å²) in [6.07, 6.45) is 1.23. The van der Waals surface area contributed by atoms with Crippen molar-refractivity contribution in [3.8, 4) is 0 Å². The van der Waals surface area contributed by atoms with Gasteiger partial charge in [-0.1, -0.05) is 6.92 Å². The van der Waals surface area contributed by atoms with Crippen LogP contribution in [-0.4, -0.2) is 20.9 Å². The lowest BCUT2D eigenvalue weighted by Crippen LogP contribution is -2.20. The van der Waals surface area contributed by atoms with Gasteiger partial charge in [-0.2, -0.15) is 0 Å². The lowest BCUT2D eigenvalue weighted by Gasteiger charge is -2.06. The van der Waals surface area contributed by atoms with Crippen LogP contribution in [0, 0.1) is 11.8 Å². The maximum absolute atomic E-state index is 11.5. The van der Waals surface area contributed by atoms with Gasteiger partial charge < -0.3 is 5.32 Å². The topological polar surface area (TPSA) is 75.3 Å². The summed E-state index contributed by atoms with van der Waals surface area (Å²) < 4.78 is 25.1. The first-order valence-corrected chi connectivity index (χ1v) is 7.41. The first-order valence-electron chi connectivity index (χ1n) is 5.92. The molecule has 2 atom stereocenters. The van der Waals surface area contributed by atoms with Crippen LogP contribution >= 0.6 is 0 Å². The number of rotatable bonds is 3. The molecule has 5 nitrogen and oxygen atoms in total. The summed E-state index contributed by atoms with van der Waals surface area (Å²) in [5.74, 6) is 0.903. The quantitative estimate of drug-likeness (QED) is 0.861. The minimum absolute atomic E-state index is 0.0674. The number of anilines is 1. The molecule has 1 fully saturated rings. The molecule has 1 saturated carbocycles. The van der Waals surface area contributed by atoms with Crippen LogP contribution in [0.1, 0.15) is 23.7 Å². The standard InChI is InChI=1S/C12H14N2O3S/c1-7-4-8(7)6-13-9-2-3-11-10(5-9)12(15)14-18(11,16)17/h2-3,5,7-8,13H,4,6H2,1H3,(H,14,15). The molecule has 1 aliphatic heterocycles. The van der Waals surface area contributed by atoms with Crippen molar-refractivity contribution in [2.75, 3.05) is 11.9 Å². The second-order valence-corrected chi connectivity index (χ2v) is 6.65. The van der Waals surface area contributed by atoms with Crippen molar-refractivity contribution in [2.45, 2.75) is 18.2 Å². The van der Waals surface area contributed by atoms with Crippen molar-refractivity contribution >= 4 is 21.6 Å². The van der Waals surface area contributed by atoms with E-state index < -0.39 is 15.9 Å². The third-order valence-corrected chi connectivity index (χ3v) is 4.97. The fourth-order valence-electron chi connectivity index (χ4n) is 2.22. The SMILES string of the molecule is CC1CC1CNc1ccc2c(c1)C(=O)NS2(=O)=O. The van der Waals surface area contributed by atoms with E-state index in [0.29, 0.717) is 5.92 Å². The number of sulfonamides is 1. The van der Waals surface area contributed by atoms with Crippen LogP contribution in [0.5, 0.6) is 0 Å². The van der Waals surface area contributed by atoms with Crippen LogP contribution in [0.25, 0.3) is 0 Å². The smallest absolute Gasteiger partial charge is 0.266 e. The second kappa shape index (κ2) is 3.71. The minimum atomic E-state index is -3.63. The van der Waals surface area contributed by atoms with E-state index in [0.717, 1.165) is 18.2 Å². The van der Waals surface area contributed by atoms with Gasteiger partial charge in [-0.25, -0.2) is 13.1 Å². The molecule has 18 heavy (non-hydrogen) atoms. The summed E-state index contributed by atoms with van der Waals surface area (Å²) in [5, 5.41) is 3.24. The molecule has 1 aliphatic carbocycles. The van der Waals surface area contributed by atoms with Crippen LogP contribution in [0.2, 0.25) is 0 Å². The zero-order valence-corrected chi connectivity index (χ0v) is 10.8. The number of hydrogen-bond acceptors (Lipinski definition) is 4. The van der Waals surface area contributed by atoms with Gasteiger partial charge in [0.2, 0.25) is 0 Å². The van der Waals surface area contributed by atoms with E-state index in [1.54, 1.807) is 12.1 Å². The largest absolute Gasteiger partial charge is 0.385 e. The van der Waals surface area contributed by atoms with E-state index in [2.05, 4.69) is 12.2 Å². The third kappa shape index (κ3) is 1.86. The average molecular weight is 266 g/mol. The highest BCUT2D eigenvalue weighted by Gasteiger charge is 2.34. The summed E-state index contributed by atoms with van der Waals surface area (Å²) in [6.45, 7) is 3.07. The van der Waals surface area contributed by atoms with Crippen molar-refractivity contribution in [3.63, 3.8) is 0 Å². The zero-order chi connectivity index (χ0) is 12.9. The van der Waals surface area contributed by atoms with Gasteiger partial charge in [0, 0.05) is 12.2 Å². The van der Waals surface area contributed by atoms with Crippen LogP contribution in [-0.2, 0) is 10.0 Å². The molecule has 2 N–H and O–H groups in total. The number of benzene rings is 1. The van der Waals surface area contributed by atoms with Crippen LogP contribution in [0.4, 0.5) is 5.69 Å². The van der Waals surface area contributed by atoms with Gasteiger partial charge in [0.25, 0.3) is 15.9 Å². The van der Waals surface area contributed by atoms with Gasteiger partial charge in [-0.05, 0) is 36.5 Å². The van der Waals surface area contributed by atoms with Crippen molar-refractivity contribution in [2.24, 2.45) is 11.8 Å². The highest BCUT2D eigenvalue weighted by atomic mass is 32.2. The van der Waals surface area contributed by atoms with Crippen LogP contribution in [0.3, 0.4) is 0 Å². The van der Waals surface area contributed by atoms with E-state index in [4.69, 9.17) is 0 Å². The van der Waals surface area contributed by atoms with Gasteiger partial charge >= 0.3 is 0 Å². The first-order chi connectivity index (χ1) is 8.47. The first kappa shape index (κ1) is 11.5. The Morgan fingerprint density at radius 2 is 2.17 bits per heavy atom. The maximum Gasteiger partial charge on any atom is 0.266 e. The minimum Gasteiger partial charge on any atom is -0.385 e. The molecule has 1 aromatic carbocycles. The molecule has 6 heteroatoms. The predicted octanol–water partition coefficient (Wildman–Crippen LogP) is 1.19. The lowest BCUT2D eigenvalue weighted by atomic mass is 10.2. The Hall–Kier alpha value is -1.56. The highest BCUT2D eigenvalue weighted by Crippen LogP contribution is 2.37. The number of amides is 1. The van der Waals surface area contributed by atoms with E-state index in [9.17, 15) is 13.2 Å². The molecule has 3 rings (SSSR count). The second-order valence-electron chi connectivity index (χ2n) is 5.00. The van der Waals surface area contributed by atoms with E-state index in [1.165, 1.54) is 12.5 Å². The molecule has 0 bridgehead atoms. The summed E-state index contributed by atoms with van der Waals surface area (Å²) in [6, 6.07) is 4.77. The summed E-state index contributed by atoms with van der Waals surface area (Å²) in [4.78, 5) is 11.6. The molecule has 1 aromatic rings. The fourth-order valence-corrected chi connectivity index (χ4v) is 3.37. The molecule has 1 heterocycles. The summed E-state index contributed by atoms with van der Waals surface area (Å²) >= 11 is 0. The molecule has 96 valence electrons. The monoisotopic (exact) mass is 266 g/mol. The molecular weight excluding hydrogens is 252 g/mol. The Balaban J connectivity index is 1.83. The maximum atomic E-state index is 11.5. The number of carbonyl (C=O) groups is 1. The number of carbonyl (C=O) groups excluding carboxylic acids is 1. The van der Waals surface area contributed by atoms with Gasteiger partial charge in [0.1, 0.15) is 4.90 Å². The Morgan fingerprint density at radius 1 is 1.44 bits per heavy atom. The number of nitrogens with one attached hydrogen (secondary N) is 2. The molecule has 0 radical (unpaired) electrons. The van der Waals surface area contributed by atoms with E-state index in [1.807, 2.05) is 4.72 Å². The van der Waals surface area contributed by atoms with E-state index in [-0.39, 0.29) is 10.5 Å². The van der Waals surface area contributed by atoms with Gasteiger partial charge in [0.05, 0.1) is 5.56 Å². The van der Waals surface area contributed by atoms with Crippen LogP contribution < -0.4 is 10.0 Å². The van der Waals surface area contributed by atoms with Crippen LogP contribution in [0.15, 0.2) is 23.1 Å². The summed E-state index contributed by atoms with van der Waals surface area (Å²) in [7, 11) is -3.63. The third-order valence-electron chi connectivity index (χ3n) is 3.59. The van der Waals surface area contributed by atoms with Crippen molar-refractivity contribution < 1.29 is 13.2 Å². The fraction of sp³-hybridized carbons (Fsp3) is 0.417. The van der Waals surface area contributed by atoms with Crippen molar-refractivity contribution in [3.05, 3.63) is 23.8 Å². The number of hydrogen-bond donors (Lipinski definition) is 2. The molecule has 2 unspecified atom stereocenters. The zero-order valence-electron chi connectivity index (χ0n) is 9.93. The predicted molar refractivity (Wildman–Crippen MR) is 66.9 cm³/mol. The normalized spacial score (nSPS) is 27.5. The Bertz CT molecular complexity index is 624. The highest BCUT2D eigenvalue weighted by molar-refractivity contribution is 7.90. The van der Waals surface area contributed by atoms with Gasteiger partial charge in [-0.15, -0.1) is 0 Å². The van der Waals surface area contributed by atoms with E-state index >= 15 is 0 Å². The summed E-state index contributed by atoms with van der Waals surface area (Å²) in [5.41, 5.74) is 1.02. The Labute approximate surface area is 106 Å². The van der Waals surface area contributed by atoms with Crippen molar-refractivity contribution in [1.29, 1.82) is 0 Å². The Morgan fingerprint density at radius 3 is 2.83 bits per heavy atom. The molecule has 1 amide bonds. The van der Waals surface area contributed by atoms with Gasteiger partial charge in [0.15, 0.2) is 0 Å². The lowest BCUT2D eigenvalue weighted by molar-refractivity contribution is 0.0985. The molecule has 0 aromatic heterocycles. The van der Waals surface area contributed by atoms with Crippen molar-refractivity contribution in [1.82, 2.24) is 4.72 Å². The number of fused-ring (bicyclic) bond motifs is 1. The molecule has 0 saturated heterocycles. The molecule has 2 aliphatic rings. The molecular formula is C12H14N2O3S. The molecule has 0 spiro atoms.